The summed E-state index contributed by atoms with van der Waals surface area (Å²) in [5, 5.41) is 27.4. The van der Waals surface area contributed by atoms with Crippen LogP contribution in [0.25, 0.3) is 0 Å². The molecule has 0 spiro atoms. The highest BCUT2D eigenvalue weighted by molar-refractivity contribution is 7.89. The second-order valence-electron chi connectivity index (χ2n) is 12.6. The topological polar surface area (TPSA) is 101 Å². The summed E-state index contributed by atoms with van der Waals surface area (Å²) >= 11 is 0. The Balaban J connectivity index is 1.55. The van der Waals surface area contributed by atoms with Gasteiger partial charge in [-0.1, -0.05) is 46.3 Å². The Hall–Kier alpha value is -0.430. The minimum Gasteiger partial charge on any atom is -0.393 e. The van der Waals surface area contributed by atoms with E-state index in [4.69, 9.17) is 5.14 Å². The summed E-state index contributed by atoms with van der Waals surface area (Å²) in [6, 6.07) is 0. The van der Waals surface area contributed by atoms with Gasteiger partial charge in [-0.15, -0.1) is 0 Å². The summed E-state index contributed by atoms with van der Waals surface area (Å²) in [4.78, 5) is 0. The second-order valence-corrected chi connectivity index (χ2v) is 14.3. The van der Waals surface area contributed by atoms with Gasteiger partial charge in [-0.2, -0.15) is 0 Å². The zero-order valence-electron chi connectivity index (χ0n) is 21.1. The number of allylic oxidation sites excluding steroid dienone is 1. The van der Waals surface area contributed by atoms with Gasteiger partial charge in [0.15, 0.2) is 0 Å². The van der Waals surface area contributed by atoms with Crippen molar-refractivity contribution >= 4 is 10.0 Å². The highest BCUT2D eigenvalue weighted by Gasteiger charge is 2.64. The summed E-state index contributed by atoms with van der Waals surface area (Å²) in [6.45, 7) is 9.52. The molecule has 4 aliphatic rings. The Bertz CT molecular complexity index is 843. The summed E-state index contributed by atoms with van der Waals surface area (Å²) < 4.78 is 22.4. The SMILES string of the molecule is CC[C@H]1[C@@H](O)[C@@H]2[C@H](CC[C@]3(C)[C@@H]([C@H](C)C/C=C/CS(N)(=O)=O)CC[C@@H]23)[C@@]2(C)CC[C@@H](O)C[C@@H]12. The third-order valence-corrected chi connectivity index (χ3v) is 11.8. The first-order valence-electron chi connectivity index (χ1n) is 13.4. The third-order valence-electron chi connectivity index (χ3n) is 11.2. The maximum absolute atomic E-state index is 11.8. The lowest BCUT2D eigenvalue weighted by molar-refractivity contribution is -0.203. The van der Waals surface area contributed by atoms with Crippen LogP contribution in [0.5, 0.6) is 0 Å². The van der Waals surface area contributed by atoms with Crippen molar-refractivity contribution in [3.63, 3.8) is 0 Å². The minimum atomic E-state index is -3.45. The summed E-state index contributed by atoms with van der Waals surface area (Å²) in [7, 11) is -3.45. The first-order valence-corrected chi connectivity index (χ1v) is 15.2. The number of rotatable bonds is 6. The molecule has 6 heteroatoms. The number of hydrogen-bond acceptors (Lipinski definition) is 4. The van der Waals surface area contributed by atoms with Crippen molar-refractivity contribution in [2.75, 3.05) is 5.75 Å². The van der Waals surface area contributed by atoms with Crippen molar-refractivity contribution in [3.05, 3.63) is 12.2 Å². The van der Waals surface area contributed by atoms with Crippen molar-refractivity contribution in [1.29, 1.82) is 0 Å². The van der Waals surface area contributed by atoms with Gasteiger partial charge in [-0.05, 0) is 104 Å². The van der Waals surface area contributed by atoms with E-state index in [9.17, 15) is 18.6 Å². The second kappa shape index (κ2) is 9.22. The lowest BCUT2D eigenvalue weighted by Gasteiger charge is -2.64. The highest BCUT2D eigenvalue weighted by atomic mass is 32.2. The highest BCUT2D eigenvalue weighted by Crippen LogP contribution is 2.69. The van der Waals surface area contributed by atoms with Gasteiger partial charge in [0.25, 0.3) is 0 Å². The fourth-order valence-corrected chi connectivity index (χ4v) is 10.0. The van der Waals surface area contributed by atoms with Gasteiger partial charge in [-0.3, -0.25) is 0 Å². The summed E-state index contributed by atoms with van der Waals surface area (Å²) in [5.41, 5.74) is 0.482. The number of sulfonamides is 1. The Morgan fingerprint density at radius 1 is 1.00 bits per heavy atom. The van der Waals surface area contributed by atoms with Crippen LogP contribution in [0, 0.1) is 52.3 Å². The van der Waals surface area contributed by atoms with Crippen molar-refractivity contribution in [1.82, 2.24) is 0 Å². The standard InChI is InChI=1S/C27H47NO4S/c1-5-19-23-16-18(29)11-13-27(23,4)22-12-14-26(3)20(9-10-21(26)24(22)25(19)30)17(2)8-6-7-15-33(28,31)32/h6-7,17-25,29-30H,5,8-16H2,1-4H3,(H2,28,31,32)/b7-6+/t17-,18-,19-,20-,21+,22+,23+,24+,25-,26-,27-/m1/s1. The number of aliphatic hydroxyl groups is 2. The number of aliphatic hydroxyl groups excluding tert-OH is 2. The zero-order valence-corrected chi connectivity index (χ0v) is 21.9. The molecule has 5 nitrogen and oxygen atoms in total. The van der Waals surface area contributed by atoms with Gasteiger partial charge in [0.2, 0.25) is 10.0 Å². The van der Waals surface area contributed by atoms with E-state index in [-0.39, 0.29) is 28.8 Å². The fourth-order valence-electron chi connectivity index (χ4n) is 9.61. The number of fused-ring (bicyclic) bond motifs is 5. The van der Waals surface area contributed by atoms with Crippen LogP contribution in [0.1, 0.15) is 85.5 Å². The molecule has 0 radical (unpaired) electrons. The molecule has 0 saturated heterocycles. The minimum absolute atomic E-state index is 0.0902. The molecule has 0 aromatic heterocycles. The maximum atomic E-state index is 11.8. The van der Waals surface area contributed by atoms with E-state index in [2.05, 4.69) is 27.7 Å². The Labute approximate surface area is 201 Å². The van der Waals surface area contributed by atoms with E-state index < -0.39 is 10.0 Å². The van der Waals surface area contributed by atoms with Crippen LogP contribution in [-0.4, -0.2) is 36.6 Å². The molecule has 0 bridgehead atoms. The van der Waals surface area contributed by atoms with E-state index in [0.717, 1.165) is 32.1 Å². The summed E-state index contributed by atoms with van der Waals surface area (Å²) in [5.74, 6) is 3.24. The summed E-state index contributed by atoms with van der Waals surface area (Å²) in [6.07, 6.45) is 12.8. The van der Waals surface area contributed by atoms with Crippen molar-refractivity contribution in [2.24, 2.45) is 57.4 Å². The third kappa shape index (κ3) is 4.47. The molecule has 0 unspecified atom stereocenters. The smallest absolute Gasteiger partial charge is 0.212 e. The monoisotopic (exact) mass is 481 g/mol. The van der Waals surface area contributed by atoms with Crippen LogP contribution >= 0.6 is 0 Å². The Morgan fingerprint density at radius 2 is 1.67 bits per heavy atom. The number of nitrogens with two attached hydrogens (primary N) is 1. The van der Waals surface area contributed by atoms with Gasteiger partial charge in [0, 0.05) is 0 Å². The molecule has 0 aromatic carbocycles. The maximum Gasteiger partial charge on any atom is 0.212 e. The van der Waals surface area contributed by atoms with Crippen LogP contribution in [0.2, 0.25) is 0 Å². The van der Waals surface area contributed by atoms with Gasteiger partial charge in [0.05, 0.1) is 18.0 Å². The van der Waals surface area contributed by atoms with E-state index in [1.54, 1.807) is 6.08 Å². The molecular weight excluding hydrogens is 434 g/mol. The average molecular weight is 482 g/mol. The van der Waals surface area contributed by atoms with E-state index in [1.165, 1.54) is 25.7 Å². The molecule has 4 aliphatic carbocycles. The first kappa shape index (κ1) is 25.7. The molecule has 4 fully saturated rings. The van der Waals surface area contributed by atoms with Crippen molar-refractivity contribution in [2.45, 2.75) is 97.7 Å². The van der Waals surface area contributed by atoms with Gasteiger partial charge >= 0.3 is 0 Å². The Kier molecular flexibility index (Phi) is 7.17. The van der Waals surface area contributed by atoms with E-state index in [0.29, 0.717) is 41.4 Å². The van der Waals surface area contributed by atoms with Crippen molar-refractivity contribution in [3.8, 4) is 0 Å². The molecule has 0 amide bonds. The molecule has 0 aromatic rings. The number of hydrogen-bond donors (Lipinski definition) is 3. The molecule has 4 rings (SSSR count). The molecule has 190 valence electrons. The first-order chi connectivity index (χ1) is 15.4. The van der Waals surface area contributed by atoms with Gasteiger partial charge < -0.3 is 10.2 Å². The predicted molar refractivity (Wildman–Crippen MR) is 133 cm³/mol. The van der Waals surface area contributed by atoms with Crippen molar-refractivity contribution < 1.29 is 18.6 Å². The molecular formula is C27H47NO4S. The quantitative estimate of drug-likeness (QED) is 0.487. The van der Waals surface area contributed by atoms with E-state index in [1.807, 2.05) is 6.08 Å². The lowest BCUT2D eigenvalue weighted by atomic mass is 9.41. The van der Waals surface area contributed by atoms with Crippen LogP contribution < -0.4 is 5.14 Å². The molecule has 4 saturated carbocycles. The van der Waals surface area contributed by atoms with Gasteiger partial charge in [-0.25, -0.2) is 13.6 Å². The van der Waals surface area contributed by atoms with Crippen LogP contribution in [0.15, 0.2) is 12.2 Å². The predicted octanol–water partition coefficient (Wildman–Crippen LogP) is 4.48. The average Bonchev–Trinajstić information content (AvgIpc) is 3.09. The molecule has 11 atom stereocenters. The van der Waals surface area contributed by atoms with E-state index >= 15 is 0 Å². The lowest BCUT2D eigenvalue weighted by Crippen LogP contribution is -2.62. The van der Waals surface area contributed by atoms with Crippen LogP contribution in [0.4, 0.5) is 0 Å². The Morgan fingerprint density at radius 3 is 2.33 bits per heavy atom. The normalized spacial score (nSPS) is 48.8. The zero-order chi connectivity index (χ0) is 24.2. The van der Waals surface area contributed by atoms with Crippen LogP contribution in [0.3, 0.4) is 0 Å². The molecule has 0 aliphatic heterocycles. The number of primary sulfonamides is 1. The van der Waals surface area contributed by atoms with Gasteiger partial charge in [0.1, 0.15) is 0 Å². The fraction of sp³-hybridized carbons (Fsp3) is 0.926. The molecule has 0 heterocycles. The van der Waals surface area contributed by atoms with Crippen LogP contribution in [-0.2, 0) is 10.0 Å². The molecule has 33 heavy (non-hydrogen) atoms. The largest absolute Gasteiger partial charge is 0.393 e. The molecule has 4 N–H and O–H groups in total.